The van der Waals surface area contributed by atoms with E-state index in [1.807, 2.05) is 11.9 Å². The third-order valence-corrected chi connectivity index (χ3v) is 5.48. The fourth-order valence-electron chi connectivity index (χ4n) is 4.01. The second-order valence-corrected chi connectivity index (χ2v) is 7.19. The molecule has 0 aliphatic carbocycles. The van der Waals surface area contributed by atoms with Crippen molar-refractivity contribution in [2.45, 2.75) is 38.8 Å². The number of rotatable bonds is 3. The number of aromatic nitrogens is 3. The van der Waals surface area contributed by atoms with Crippen LogP contribution in [-0.2, 0) is 17.8 Å². The summed E-state index contributed by atoms with van der Waals surface area (Å²) < 4.78 is 0. The molecular formula is C20H24N6O2. The lowest BCUT2D eigenvalue weighted by Gasteiger charge is -2.30. The van der Waals surface area contributed by atoms with Crippen molar-refractivity contribution in [2.75, 3.05) is 25.5 Å². The van der Waals surface area contributed by atoms with E-state index in [4.69, 9.17) is 9.97 Å². The van der Waals surface area contributed by atoms with Crippen LogP contribution in [0.3, 0.4) is 0 Å². The van der Waals surface area contributed by atoms with Gasteiger partial charge in [-0.15, -0.1) is 0 Å². The van der Waals surface area contributed by atoms with Crippen molar-refractivity contribution < 1.29 is 9.59 Å². The average Bonchev–Trinajstić information content (AvgIpc) is 3.22. The van der Waals surface area contributed by atoms with Crippen molar-refractivity contribution in [1.82, 2.24) is 24.8 Å². The van der Waals surface area contributed by atoms with Gasteiger partial charge in [0.25, 0.3) is 5.91 Å². The van der Waals surface area contributed by atoms with Gasteiger partial charge in [-0.1, -0.05) is 0 Å². The Morgan fingerprint density at radius 1 is 1.25 bits per heavy atom. The van der Waals surface area contributed by atoms with Crippen LogP contribution in [0.5, 0.6) is 0 Å². The second kappa shape index (κ2) is 7.53. The molecule has 0 spiro atoms. The largest absolute Gasteiger partial charge is 0.373 e. The molecule has 4 rings (SSSR count). The molecule has 0 unspecified atom stereocenters. The Balaban J connectivity index is 1.67. The summed E-state index contributed by atoms with van der Waals surface area (Å²) >= 11 is 0. The maximum atomic E-state index is 13.0. The van der Waals surface area contributed by atoms with E-state index in [0.29, 0.717) is 31.0 Å². The summed E-state index contributed by atoms with van der Waals surface area (Å²) in [6, 6.07) is 3.38. The molecule has 1 atom stereocenters. The number of carbonyl (C=O) groups is 2. The highest BCUT2D eigenvalue weighted by molar-refractivity contribution is 5.94. The van der Waals surface area contributed by atoms with E-state index in [2.05, 4.69) is 10.3 Å². The number of fused-ring (bicyclic) bond motifs is 1. The van der Waals surface area contributed by atoms with E-state index in [0.717, 1.165) is 36.3 Å². The molecule has 2 aliphatic rings. The number of hydrogen-bond donors (Lipinski definition) is 1. The van der Waals surface area contributed by atoms with E-state index in [9.17, 15) is 9.59 Å². The van der Waals surface area contributed by atoms with Crippen molar-refractivity contribution in [3.05, 3.63) is 47.2 Å². The molecule has 0 radical (unpaired) electrons. The minimum Gasteiger partial charge on any atom is -0.373 e. The third kappa shape index (κ3) is 3.30. The zero-order chi connectivity index (χ0) is 19.7. The van der Waals surface area contributed by atoms with E-state index in [1.54, 1.807) is 36.4 Å². The molecule has 1 N–H and O–H groups in total. The van der Waals surface area contributed by atoms with Crippen molar-refractivity contribution in [3.8, 4) is 0 Å². The Morgan fingerprint density at radius 3 is 2.82 bits per heavy atom. The summed E-state index contributed by atoms with van der Waals surface area (Å²) in [7, 11) is 1.84. The number of amides is 2. The van der Waals surface area contributed by atoms with Crippen molar-refractivity contribution in [1.29, 1.82) is 0 Å². The van der Waals surface area contributed by atoms with Crippen LogP contribution in [0.2, 0.25) is 0 Å². The Bertz CT molecular complexity index is 901. The van der Waals surface area contributed by atoms with Crippen LogP contribution in [0.4, 0.5) is 5.82 Å². The SMILES string of the molecule is CNc1nc([C@H]2CCCN2C(=O)c2cccnc2)nc2c1CCN(C(C)=O)C2. The Morgan fingerprint density at radius 2 is 2.11 bits per heavy atom. The summed E-state index contributed by atoms with van der Waals surface area (Å²) in [5, 5.41) is 3.17. The van der Waals surface area contributed by atoms with Gasteiger partial charge in [0.05, 0.1) is 23.8 Å². The molecule has 0 aromatic carbocycles. The molecule has 28 heavy (non-hydrogen) atoms. The van der Waals surface area contributed by atoms with Crippen LogP contribution in [0, 0.1) is 0 Å². The van der Waals surface area contributed by atoms with Gasteiger partial charge >= 0.3 is 0 Å². The standard InChI is InChI=1S/C20H24N6O2/c1-13(27)25-10-7-15-16(12-25)23-19(24-18(15)21-2)17-6-4-9-26(17)20(28)14-5-3-8-22-11-14/h3,5,8,11,17H,4,6-7,9-10,12H2,1-2H3,(H,21,23,24)/t17-/m1/s1. The lowest BCUT2D eigenvalue weighted by molar-refractivity contribution is -0.129. The number of nitrogens with one attached hydrogen (secondary N) is 1. The smallest absolute Gasteiger partial charge is 0.256 e. The number of nitrogens with zero attached hydrogens (tertiary/aromatic N) is 5. The zero-order valence-corrected chi connectivity index (χ0v) is 16.2. The van der Waals surface area contributed by atoms with Gasteiger partial charge < -0.3 is 15.1 Å². The minimum atomic E-state index is -0.169. The molecule has 4 heterocycles. The maximum Gasteiger partial charge on any atom is 0.256 e. The van der Waals surface area contributed by atoms with Crippen molar-refractivity contribution >= 4 is 17.6 Å². The van der Waals surface area contributed by atoms with Gasteiger partial charge in [0.1, 0.15) is 5.82 Å². The predicted octanol–water partition coefficient (Wildman–Crippen LogP) is 1.80. The van der Waals surface area contributed by atoms with Crippen molar-refractivity contribution in [2.24, 2.45) is 0 Å². The first-order valence-corrected chi connectivity index (χ1v) is 9.62. The normalized spacial score (nSPS) is 18.7. The van der Waals surface area contributed by atoms with Crippen LogP contribution in [0.1, 0.15) is 53.2 Å². The first-order chi connectivity index (χ1) is 13.6. The number of anilines is 1. The topological polar surface area (TPSA) is 91.3 Å². The fraction of sp³-hybridized carbons (Fsp3) is 0.450. The second-order valence-electron chi connectivity index (χ2n) is 7.19. The predicted molar refractivity (Wildman–Crippen MR) is 104 cm³/mol. The van der Waals surface area contributed by atoms with Gasteiger partial charge in [-0.25, -0.2) is 9.97 Å². The van der Waals surface area contributed by atoms with Gasteiger partial charge in [-0.3, -0.25) is 14.6 Å². The lowest BCUT2D eigenvalue weighted by atomic mass is 10.0. The highest BCUT2D eigenvalue weighted by atomic mass is 16.2. The Labute approximate surface area is 164 Å². The molecule has 2 aliphatic heterocycles. The van der Waals surface area contributed by atoms with Crippen LogP contribution in [-0.4, -0.2) is 56.7 Å². The van der Waals surface area contributed by atoms with Crippen LogP contribution in [0.15, 0.2) is 24.5 Å². The van der Waals surface area contributed by atoms with E-state index in [1.165, 1.54) is 0 Å². The molecule has 2 aromatic rings. The molecule has 0 bridgehead atoms. The highest BCUT2D eigenvalue weighted by Crippen LogP contribution is 2.34. The summed E-state index contributed by atoms with van der Waals surface area (Å²) in [5.41, 5.74) is 2.51. The number of likely N-dealkylation sites (tertiary alicyclic amines) is 1. The highest BCUT2D eigenvalue weighted by Gasteiger charge is 2.34. The lowest BCUT2D eigenvalue weighted by Crippen LogP contribution is -2.36. The minimum absolute atomic E-state index is 0.0473. The molecule has 1 fully saturated rings. The van der Waals surface area contributed by atoms with E-state index < -0.39 is 0 Å². The Kier molecular flexibility index (Phi) is 4.93. The van der Waals surface area contributed by atoms with Gasteiger partial charge in [0, 0.05) is 45.0 Å². The number of carbonyl (C=O) groups excluding carboxylic acids is 2. The molecule has 2 amide bonds. The summed E-state index contributed by atoms with van der Waals surface area (Å²) in [6.07, 6.45) is 5.71. The maximum absolute atomic E-state index is 13.0. The summed E-state index contributed by atoms with van der Waals surface area (Å²) in [6.45, 7) is 3.41. The third-order valence-electron chi connectivity index (χ3n) is 5.48. The molecule has 146 valence electrons. The molecule has 8 nitrogen and oxygen atoms in total. The van der Waals surface area contributed by atoms with Crippen LogP contribution in [0.25, 0.3) is 0 Å². The van der Waals surface area contributed by atoms with E-state index >= 15 is 0 Å². The quantitative estimate of drug-likeness (QED) is 0.873. The molecule has 2 aromatic heterocycles. The van der Waals surface area contributed by atoms with Gasteiger partial charge in [0.2, 0.25) is 5.91 Å². The molecule has 1 saturated heterocycles. The summed E-state index contributed by atoms with van der Waals surface area (Å²) in [5.74, 6) is 1.44. The summed E-state index contributed by atoms with van der Waals surface area (Å²) in [4.78, 5) is 42.0. The van der Waals surface area contributed by atoms with Gasteiger partial charge in [-0.05, 0) is 31.4 Å². The first kappa shape index (κ1) is 18.3. The van der Waals surface area contributed by atoms with Gasteiger partial charge in [0.15, 0.2) is 5.82 Å². The van der Waals surface area contributed by atoms with Crippen molar-refractivity contribution in [3.63, 3.8) is 0 Å². The van der Waals surface area contributed by atoms with E-state index in [-0.39, 0.29) is 17.9 Å². The number of pyridine rings is 1. The monoisotopic (exact) mass is 380 g/mol. The Hall–Kier alpha value is -3.03. The molecule has 8 heteroatoms. The average molecular weight is 380 g/mol. The van der Waals surface area contributed by atoms with Gasteiger partial charge in [-0.2, -0.15) is 0 Å². The molecular weight excluding hydrogens is 356 g/mol. The van der Waals surface area contributed by atoms with Crippen LogP contribution < -0.4 is 5.32 Å². The fourth-order valence-corrected chi connectivity index (χ4v) is 4.01. The molecule has 0 saturated carbocycles. The number of hydrogen-bond acceptors (Lipinski definition) is 6. The van der Waals surface area contributed by atoms with Crippen LogP contribution >= 0.6 is 0 Å². The zero-order valence-electron chi connectivity index (χ0n) is 16.2. The first-order valence-electron chi connectivity index (χ1n) is 9.62.